The zero-order valence-corrected chi connectivity index (χ0v) is 13.1. The highest BCUT2D eigenvalue weighted by atomic mass is 19.4. The van der Waals surface area contributed by atoms with Gasteiger partial charge >= 0.3 is 6.18 Å². The number of benzene rings is 2. The number of alkyl halides is 3. The standard InChI is InChI=1S/C17H12F3N3O3/c18-17(19,20)13-6-4-12(5-7-13)16-22-15(23-26-16)10-25-14-3-1-2-11(8-14)9-21-24/h1-9,24H,10H2/b21-9+. The van der Waals surface area contributed by atoms with Gasteiger partial charge in [-0.3, -0.25) is 0 Å². The molecule has 0 bridgehead atoms. The van der Waals surface area contributed by atoms with Crippen LogP contribution in [-0.4, -0.2) is 21.6 Å². The van der Waals surface area contributed by atoms with E-state index < -0.39 is 11.7 Å². The van der Waals surface area contributed by atoms with E-state index in [1.54, 1.807) is 24.3 Å². The first-order valence-electron chi connectivity index (χ1n) is 7.36. The van der Waals surface area contributed by atoms with Crippen molar-refractivity contribution >= 4 is 6.21 Å². The highest BCUT2D eigenvalue weighted by molar-refractivity contribution is 5.79. The third-order valence-electron chi connectivity index (χ3n) is 3.36. The Balaban J connectivity index is 1.67. The minimum atomic E-state index is -4.40. The van der Waals surface area contributed by atoms with Crippen molar-refractivity contribution < 1.29 is 27.6 Å². The van der Waals surface area contributed by atoms with Gasteiger partial charge in [-0.15, -0.1) is 0 Å². The minimum absolute atomic E-state index is 0.00383. The zero-order valence-electron chi connectivity index (χ0n) is 13.1. The van der Waals surface area contributed by atoms with Crippen molar-refractivity contribution in [2.45, 2.75) is 12.8 Å². The number of hydrogen-bond acceptors (Lipinski definition) is 6. The maximum Gasteiger partial charge on any atom is 0.416 e. The monoisotopic (exact) mass is 363 g/mol. The lowest BCUT2D eigenvalue weighted by Gasteiger charge is -2.05. The normalized spacial score (nSPS) is 11.8. The Bertz CT molecular complexity index is 905. The van der Waals surface area contributed by atoms with Crippen LogP contribution in [0.3, 0.4) is 0 Å². The Labute approximate surface area is 145 Å². The number of aromatic nitrogens is 2. The van der Waals surface area contributed by atoms with Gasteiger partial charge in [0.25, 0.3) is 5.89 Å². The summed E-state index contributed by atoms with van der Waals surface area (Å²) in [5.74, 6) is 0.836. The fourth-order valence-corrected chi connectivity index (χ4v) is 2.13. The van der Waals surface area contributed by atoms with Crippen LogP contribution >= 0.6 is 0 Å². The molecule has 26 heavy (non-hydrogen) atoms. The van der Waals surface area contributed by atoms with E-state index in [1.165, 1.54) is 18.3 Å². The van der Waals surface area contributed by atoms with Crippen molar-refractivity contribution in [3.63, 3.8) is 0 Å². The molecule has 0 fully saturated rings. The molecule has 0 atom stereocenters. The molecule has 0 saturated heterocycles. The van der Waals surface area contributed by atoms with Gasteiger partial charge in [0.05, 0.1) is 11.8 Å². The maximum absolute atomic E-state index is 12.6. The Hall–Kier alpha value is -3.36. The maximum atomic E-state index is 12.6. The van der Waals surface area contributed by atoms with Crippen molar-refractivity contribution in [2.75, 3.05) is 0 Å². The van der Waals surface area contributed by atoms with Gasteiger partial charge in [0.15, 0.2) is 6.61 Å². The number of oxime groups is 1. The smallest absolute Gasteiger partial charge is 0.416 e. The Morgan fingerprint density at radius 2 is 1.92 bits per heavy atom. The summed E-state index contributed by atoms with van der Waals surface area (Å²) in [5.41, 5.74) is 0.261. The first kappa shape index (κ1) is 17.5. The summed E-state index contributed by atoms with van der Waals surface area (Å²) in [7, 11) is 0. The highest BCUT2D eigenvalue weighted by Gasteiger charge is 2.30. The topological polar surface area (TPSA) is 80.7 Å². The van der Waals surface area contributed by atoms with Crippen molar-refractivity contribution in [2.24, 2.45) is 5.16 Å². The molecule has 0 aliphatic rings. The molecular formula is C17H12F3N3O3. The third-order valence-corrected chi connectivity index (χ3v) is 3.36. The number of ether oxygens (including phenoxy) is 1. The van der Waals surface area contributed by atoms with E-state index in [0.717, 1.165) is 12.1 Å². The fourth-order valence-electron chi connectivity index (χ4n) is 2.13. The van der Waals surface area contributed by atoms with Gasteiger partial charge in [-0.1, -0.05) is 22.4 Å². The van der Waals surface area contributed by atoms with Gasteiger partial charge in [0.2, 0.25) is 5.82 Å². The summed E-state index contributed by atoms with van der Waals surface area (Å²) in [4.78, 5) is 4.10. The number of halogens is 3. The van der Waals surface area contributed by atoms with Crippen molar-refractivity contribution in [3.05, 3.63) is 65.5 Å². The van der Waals surface area contributed by atoms with Gasteiger partial charge in [-0.2, -0.15) is 18.2 Å². The van der Waals surface area contributed by atoms with Crippen molar-refractivity contribution in [1.82, 2.24) is 10.1 Å². The fraction of sp³-hybridized carbons (Fsp3) is 0.118. The largest absolute Gasteiger partial charge is 0.485 e. The van der Waals surface area contributed by atoms with E-state index >= 15 is 0 Å². The summed E-state index contributed by atoms with van der Waals surface area (Å²) < 4.78 is 48.3. The van der Waals surface area contributed by atoms with Crippen LogP contribution < -0.4 is 4.74 Å². The molecule has 2 aromatic carbocycles. The molecule has 3 rings (SSSR count). The predicted octanol–water partition coefficient (Wildman–Crippen LogP) is 4.14. The van der Waals surface area contributed by atoms with E-state index in [9.17, 15) is 13.2 Å². The molecule has 0 radical (unpaired) electrons. The summed E-state index contributed by atoms with van der Waals surface area (Å²) in [6, 6.07) is 11.2. The molecule has 0 spiro atoms. The quantitative estimate of drug-likeness (QED) is 0.419. The van der Waals surface area contributed by atoms with Crippen molar-refractivity contribution in [3.8, 4) is 17.2 Å². The molecule has 1 N–H and O–H groups in total. The van der Waals surface area contributed by atoms with E-state index in [0.29, 0.717) is 16.9 Å². The molecule has 0 unspecified atom stereocenters. The van der Waals surface area contributed by atoms with Gasteiger partial charge in [-0.05, 0) is 42.0 Å². The van der Waals surface area contributed by atoms with Crippen LogP contribution in [0, 0.1) is 0 Å². The summed E-state index contributed by atoms with van der Waals surface area (Å²) in [5, 5.41) is 15.2. The second-order valence-corrected chi connectivity index (χ2v) is 5.20. The predicted molar refractivity (Wildman–Crippen MR) is 84.9 cm³/mol. The number of hydrogen-bond donors (Lipinski definition) is 1. The van der Waals surface area contributed by atoms with Crippen LogP contribution in [0.25, 0.3) is 11.5 Å². The van der Waals surface area contributed by atoms with E-state index in [4.69, 9.17) is 14.5 Å². The lowest BCUT2D eigenvalue weighted by atomic mass is 10.1. The SMILES string of the molecule is O/N=C/c1cccc(OCc2noc(-c3ccc(C(F)(F)F)cc3)n2)c1. The first-order chi connectivity index (χ1) is 12.5. The molecular weight excluding hydrogens is 351 g/mol. The number of rotatable bonds is 5. The van der Waals surface area contributed by atoms with Crippen LogP contribution in [0.5, 0.6) is 5.75 Å². The molecule has 3 aromatic rings. The number of nitrogens with zero attached hydrogens (tertiary/aromatic N) is 3. The molecule has 0 amide bonds. The average molecular weight is 363 g/mol. The highest BCUT2D eigenvalue weighted by Crippen LogP contribution is 2.30. The van der Waals surface area contributed by atoms with E-state index in [2.05, 4.69) is 15.3 Å². The first-order valence-corrected chi connectivity index (χ1v) is 7.36. The van der Waals surface area contributed by atoms with Crippen LogP contribution in [0.1, 0.15) is 17.0 Å². The van der Waals surface area contributed by atoms with Gasteiger partial charge in [0.1, 0.15) is 5.75 Å². The molecule has 0 aliphatic heterocycles. The van der Waals surface area contributed by atoms with Crippen LogP contribution in [0.2, 0.25) is 0 Å². The second kappa shape index (κ2) is 7.26. The zero-order chi connectivity index (χ0) is 18.6. The minimum Gasteiger partial charge on any atom is -0.485 e. The van der Waals surface area contributed by atoms with E-state index in [1.807, 2.05) is 0 Å². The molecule has 0 saturated carbocycles. The van der Waals surface area contributed by atoms with Crippen LogP contribution in [0.15, 0.2) is 58.2 Å². The molecule has 1 aromatic heterocycles. The third kappa shape index (κ3) is 4.18. The molecule has 1 heterocycles. The van der Waals surface area contributed by atoms with Gasteiger partial charge in [-0.25, -0.2) is 0 Å². The summed E-state index contributed by atoms with van der Waals surface area (Å²) in [6.45, 7) is 0.00383. The Morgan fingerprint density at radius 1 is 1.15 bits per heavy atom. The summed E-state index contributed by atoms with van der Waals surface area (Å²) >= 11 is 0. The van der Waals surface area contributed by atoms with E-state index in [-0.39, 0.29) is 18.3 Å². The summed E-state index contributed by atoms with van der Waals surface area (Å²) in [6.07, 6.45) is -3.15. The molecule has 9 heteroatoms. The van der Waals surface area contributed by atoms with Crippen LogP contribution in [-0.2, 0) is 12.8 Å². The molecule has 0 aliphatic carbocycles. The van der Waals surface area contributed by atoms with Crippen molar-refractivity contribution in [1.29, 1.82) is 0 Å². The lowest BCUT2D eigenvalue weighted by Crippen LogP contribution is -2.04. The average Bonchev–Trinajstić information content (AvgIpc) is 3.09. The van der Waals surface area contributed by atoms with Crippen LogP contribution in [0.4, 0.5) is 13.2 Å². The molecule has 6 nitrogen and oxygen atoms in total. The van der Waals surface area contributed by atoms with Gasteiger partial charge < -0.3 is 14.5 Å². The second-order valence-electron chi connectivity index (χ2n) is 5.20. The Kier molecular flexibility index (Phi) is 4.87. The molecule has 134 valence electrons. The Morgan fingerprint density at radius 3 is 2.62 bits per heavy atom. The van der Waals surface area contributed by atoms with Gasteiger partial charge in [0, 0.05) is 5.56 Å². The lowest BCUT2D eigenvalue weighted by molar-refractivity contribution is -0.137.